The smallest absolute Gasteiger partial charge is 0.330 e. The van der Waals surface area contributed by atoms with Gasteiger partial charge in [-0.3, -0.25) is 4.79 Å². The van der Waals surface area contributed by atoms with Crippen LogP contribution in [0.3, 0.4) is 0 Å². The molecule has 0 aromatic heterocycles. The predicted molar refractivity (Wildman–Crippen MR) is 137 cm³/mol. The van der Waals surface area contributed by atoms with Crippen LogP contribution in [0.5, 0.6) is 0 Å². The Morgan fingerprint density at radius 3 is 2.43 bits per heavy atom. The van der Waals surface area contributed by atoms with Crippen molar-refractivity contribution in [3.8, 4) is 0 Å². The molecule has 0 aromatic rings. The van der Waals surface area contributed by atoms with Gasteiger partial charge in [-0.1, -0.05) is 38.8 Å². The molecule has 3 rings (SSSR count). The van der Waals surface area contributed by atoms with Gasteiger partial charge < -0.3 is 14.4 Å². The molecular formula is C29H45NO5. The first-order valence-electron chi connectivity index (χ1n) is 13.2. The summed E-state index contributed by atoms with van der Waals surface area (Å²) in [4.78, 5) is 40.4. The highest BCUT2D eigenvalue weighted by Crippen LogP contribution is 2.64. The fraction of sp³-hybridized carbons (Fsp3) is 0.759. The van der Waals surface area contributed by atoms with E-state index in [0.717, 1.165) is 36.8 Å². The Hall–Kier alpha value is -1.95. The fourth-order valence-electron chi connectivity index (χ4n) is 7.24. The SMILES string of the molecule is CC(C)=CC(=O)O[C@H]1CC[C@]2(C)[C@H]3CC/C(=C\C(=O)OCCN(C)C)[C@H](C)[C@H]3C(=O)C[C@H]2C1(C)C. The topological polar surface area (TPSA) is 72.9 Å². The maximum Gasteiger partial charge on any atom is 0.330 e. The lowest BCUT2D eigenvalue weighted by molar-refractivity contribution is -0.186. The molecule has 6 nitrogen and oxygen atoms in total. The van der Waals surface area contributed by atoms with Gasteiger partial charge in [-0.25, -0.2) is 9.59 Å². The highest BCUT2D eigenvalue weighted by molar-refractivity contribution is 5.86. The molecule has 6 atom stereocenters. The first-order chi connectivity index (χ1) is 16.3. The average molecular weight is 488 g/mol. The summed E-state index contributed by atoms with van der Waals surface area (Å²) in [6.07, 6.45) is 6.99. The average Bonchev–Trinajstić information content (AvgIpc) is 2.73. The quantitative estimate of drug-likeness (QED) is 0.389. The zero-order valence-corrected chi connectivity index (χ0v) is 23.0. The van der Waals surface area contributed by atoms with Gasteiger partial charge >= 0.3 is 11.9 Å². The summed E-state index contributed by atoms with van der Waals surface area (Å²) in [5.41, 5.74) is 1.69. The van der Waals surface area contributed by atoms with Gasteiger partial charge in [0.2, 0.25) is 0 Å². The van der Waals surface area contributed by atoms with Crippen LogP contribution in [0.1, 0.15) is 73.6 Å². The Morgan fingerprint density at radius 1 is 1.11 bits per heavy atom. The molecule has 0 saturated heterocycles. The van der Waals surface area contributed by atoms with Crippen LogP contribution in [-0.4, -0.2) is 56.0 Å². The number of ether oxygens (including phenoxy) is 2. The number of hydrogen-bond acceptors (Lipinski definition) is 6. The molecule has 0 N–H and O–H groups in total. The number of Topliss-reactive ketones (excluding diaryl/α,β-unsaturated/α-hetero) is 1. The van der Waals surface area contributed by atoms with Gasteiger partial charge in [-0.2, -0.15) is 0 Å². The van der Waals surface area contributed by atoms with E-state index in [4.69, 9.17) is 9.47 Å². The van der Waals surface area contributed by atoms with Crippen LogP contribution in [0.4, 0.5) is 0 Å². The number of rotatable bonds is 6. The minimum atomic E-state index is -0.306. The molecule has 0 spiro atoms. The molecule has 0 amide bonds. The normalized spacial score (nSPS) is 35.2. The van der Waals surface area contributed by atoms with Crippen LogP contribution in [-0.2, 0) is 23.9 Å². The molecule has 0 unspecified atom stereocenters. The van der Waals surface area contributed by atoms with Crippen molar-refractivity contribution in [2.24, 2.45) is 34.5 Å². The van der Waals surface area contributed by atoms with Crippen molar-refractivity contribution < 1.29 is 23.9 Å². The monoisotopic (exact) mass is 487 g/mol. The largest absolute Gasteiger partial charge is 0.461 e. The van der Waals surface area contributed by atoms with Crippen LogP contribution in [0, 0.1) is 34.5 Å². The van der Waals surface area contributed by atoms with Crippen molar-refractivity contribution in [2.45, 2.75) is 79.8 Å². The van der Waals surface area contributed by atoms with Gasteiger partial charge in [0, 0.05) is 36.5 Å². The number of allylic oxidation sites excluding steroid dienone is 2. The summed E-state index contributed by atoms with van der Waals surface area (Å²) in [6, 6.07) is 0. The van der Waals surface area contributed by atoms with E-state index in [1.165, 1.54) is 0 Å². The Bertz CT molecular complexity index is 897. The Morgan fingerprint density at radius 2 is 1.80 bits per heavy atom. The van der Waals surface area contributed by atoms with Crippen molar-refractivity contribution in [2.75, 3.05) is 27.2 Å². The third-order valence-corrected chi connectivity index (χ3v) is 9.15. The zero-order valence-electron chi connectivity index (χ0n) is 23.0. The Balaban J connectivity index is 1.77. The van der Waals surface area contributed by atoms with E-state index < -0.39 is 0 Å². The molecule has 0 aliphatic heterocycles. The van der Waals surface area contributed by atoms with Crippen LogP contribution < -0.4 is 0 Å². The first-order valence-corrected chi connectivity index (χ1v) is 13.2. The summed E-state index contributed by atoms with van der Waals surface area (Å²) < 4.78 is 11.3. The predicted octanol–water partition coefficient (Wildman–Crippen LogP) is 4.97. The number of carbonyl (C=O) groups excluding carboxylic acids is 3. The van der Waals surface area contributed by atoms with E-state index in [1.54, 1.807) is 12.2 Å². The zero-order chi connectivity index (χ0) is 26.1. The lowest BCUT2D eigenvalue weighted by Crippen LogP contribution is -2.60. The summed E-state index contributed by atoms with van der Waals surface area (Å²) in [7, 11) is 3.89. The second-order valence-corrected chi connectivity index (χ2v) is 12.4. The lowest BCUT2D eigenvalue weighted by Gasteiger charge is -2.62. The van der Waals surface area contributed by atoms with E-state index in [9.17, 15) is 14.4 Å². The molecule has 0 bridgehead atoms. The molecule has 3 saturated carbocycles. The van der Waals surface area contributed by atoms with E-state index in [-0.39, 0.29) is 52.5 Å². The summed E-state index contributed by atoms with van der Waals surface area (Å²) >= 11 is 0. The van der Waals surface area contributed by atoms with E-state index in [1.807, 2.05) is 32.8 Å². The third kappa shape index (κ3) is 5.73. The lowest BCUT2D eigenvalue weighted by atomic mass is 9.42. The summed E-state index contributed by atoms with van der Waals surface area (Å²) in [6.45, 7) is 13.6. The van der Waals surface area contributed by atoms with Crippen LogP contribution >= 0.6 is 0 Å². The van der Waals surface area contributed by atoms with Crippen LogP contribution in [0.25, 0.3) is 0 Å². The number of hydrogen-bond donors (Lipinski definition) is 0. The van der Waals surface area contributed by atoms with Gasteiger partial charge in [0.05, 0.1) is 0 Å². The number of likely N-dealkylation sites (N-methyl/N-ethyl adjacent to an activating group) is 1. The van der Waals surface area contributed by atoms with Crippen molar-refractivity contribution in [1.29, 1.82) is 0 Å². The molecule has 0 aromatic carbocycles. The van der Waals surface area contributed by atoms with Gasteiger partial charge in [0.15, 0.2) is 0 Å². The van der Waals surface area contributed by atoms with E-state index in [2.05, 4.69) is 27.7 Å². The minimum absolute atomic E-state index is 0.00745. The van der Waals surface area contributed by atoms with Crippen molar-refractivity contribution in [1.82, 2.24) is 4.90 Å². The maximum absolute atomic E-state index is 13.6. The van der Waals surface area contributed by atoms with Crippen molar-refractivity contribution >= 4 is 17.7 Å². The highest BCUT2D eigenvalue weighted by Gasteiger charge is 2.62. The van der Waals surface area contributed by atoms with E-state index >= 15 is 0 Å². The Labute approximate surface area is 211 Å². The van der Waals surface area contributed by atoms with Crippen LogP contribution in [0.2, 0.25) is 0 Å². The number of carbonyl (C=O) groups is 3. The number of nitrogens with zero attached hydrogens (tertiary/aromatic N) is 1. The molecule has 196 valence electrons. The highest BCUT2D eigenvalue weighted by atomic mass is 16.5. The number of ketones is 1. The van der Waals surface area contributed by atoms with Gasteiger partial charge in [-0.05, 0) is 76.8 Å². The molecule has 0 heterocycles. The molecule has 3 fully saturated rings. The van der Waals surface area contributed by atoms with E-state index in [0.29, 0.717) is 25.4 Å². The summed E-state index contributed by atoms with van der Waals surface area (Å²) in [5.74, 6) is 0.115. The Kier molecular flexibility index (Phi) is 8.35. The number of fused-ring (bicyclic) bond motifs is 3. The second kappa shape index (κ2) is 10.6. The fourth-order valence-corrected chi connectivity index (χ4v) is 7.24. The standard InChI is InChI=1S/C29H45NO5/c1-18(2)15-26(33)35-24-11-12-29(6)21-10-9-20(16-25(32)34-14-13-30(7)8)19(3)27(21)22(31)17-23(29)28(24,4)5/h15-16,19,21,23-24,27H,9-14,17H2,1-8H3/b20-16+/t19-,21-,23-,24-,27+,29+/m0/s1. The van der Waals surface area contributed by atoms with Gasteiger partial charge in [0.1, 0.15) is 18.5 Å². The van der Waals surface area contributed by atoms with Gasteiger partial charge in [-0.15, -0.1) is 0 Å². The molecule has 6 heteroatoms. The van der Waals surface area contributed by atoms with Crippen LogP contribution in [0.15, 0.2) is 23.3 Å². The second-order valence-electron chi connectivity index (χ2n) is 12.4. The molecular weight excluding hydrogens is 442 g/mol. The molecule has 3 aliphatic carbocycles. The maximum atomic E-state index is 13.6. The van der Waals surface area contributed by atoms with Crippen molar-refractivity contribution in [3.05, 3.63) is 23.3 Å². The van der Waals surface area contributed by atoms with Crippen molar-refractivity contribution in [3.63, 3.8) is 0 Å². The summed E-state index contributed by atoms with van der Waals surface area (Å²) in [5, 5.41) is 0. The first kappa shape index (κ1) is 27.6. The number of esters is 2. The minimum Gasteiger partial charge on any atom is -0.461 e. The molecule has 0 radical (unpaired) electrons. The molecule has 3 aliphatic rings. The van der Waals surface area contributed by atoms with Gasteiger partial charge in [0.25, 0.3) is 0 Å². The molecule has 35 heavy (non-hydrogen) atoms. The third-order valence-electron chi connectivity index (χ3n) is 9.15.